The second-order valence-corrected chi connectivity index (χ2v) is 7.91. The lowest BCUT2D eigenvalue weighted by Gasteiger charge is -2.25. The van der Waals surface area contributed by atoms with Gasteiger partial charge in [-0.05, 0) is 24.0 Å². The van der Waals surface area contributed by atoms with Crippen molar-refractivity contribution >= 4 is 17.8 Å². The number of rotatable bonds is 11. The Labute approximate surface area is 188 Å². The standard InChI is InChI=1S/C25H30N2O5/c1-2-13-31-25(30)22(14-18-9-5-3-6-10-18)26-20-15-23(28)27-21(20)16-24(29)32-17-19-11-7-4-8-12-19/h3-12,20-22,26H,2,13-17H2,1H3,(H,27,28)/t20-,21-,22?/m0/s1. The second kappa shape index (κ2) is 12.0. The molecule has 1 aliphatic heterocycles. The second-order valence-electron chi connectivity index (χ2n) is 7.91. The van der Waals surface area contributed by atoms with E-state index >= 15 is 0 Å². The average Bonchev–Trinajstić information content (AvgIpc) is 3.15. The van der Waals surface area contributed by atoms with Gasteiger partial charge in [-0.15, -0.1) is 0 Å². The number of esters is 2. The van der Waals surface area contributed by atoms with Crippen LogP contribution in [0.4, 0.5) is 0 Å². The summed E-state index contributed by atoms with van der Waals surface area (Å²) in [6, 6.07) is 17.6. The quantitative estimate of drug-likeness (QED) is 0.524. The van der Waals surface area contributed by atoms with E-state index in [0.717, 1.165) is 17.5 Å². The van der Waals surface area contributed by atoms with Crippen molar-refractivity contribution in [2.75, 3.05) is 6.61 Å². The Morgan fingerprint density at radius 3 is 2.34 bits per heavy atom. The largest absolute Gasteiger partial charge is 0.465 e. The molecular formula is C25H30N2O5. The molecule has 170 valence electrons. The highest BCUT2D eigenvalue weighted by Crippen LogP contribution is 2.16. The molecule has 1 unspecified atom stereocenters. The molecule has 2 N–H and O–H groups in total. The highest BCUT2D eigenvalue weighted by Gasteiger charge is 2.37. The highest BCUT2D eigenvalue weighted by atomic mass is 16.5. The maximum atomic E-state index is 12.7. The maximum Gasteiger partial charge on any atom is 0.323 e. The lowest BCUT2D eigenvalue weighted by atomic mass is 10.0. The van der Waals surface area contributed by atoms with Crippen LogP contribution in [0.15, 0.2) is 60.7 Å². The van der Waals surface area contributed by atoms with Gasteiger partial charge >= 0.3 is 11.9 Å². The molecule has 0 spiro atoms. The Kier molecular flexibility index (Phi) is 8.80. The summed E-state index contributed by atoms with van der Waals surface area (Å²) in [4.78, 5) is 37.2. The number of hydrogen-bond donors (Lipinski definition) is 2. The van der Waals surface area contributed by atoms with E-state index in [4.69, 9.17) is 9.47 Å². The number of nitrogens with one attached hydrogen (secondary N) is 2. The van der Waals surface area contributed by atoms with Crippen LogP contribution in [0.5, 0.6) is 0 Å². The van der Waals surface area contributed by atoms with Crippen LogP contribution in [0.2, 0.25) is 0 Å². The lowest BCUT2D eigenvalue weighted by molar-refractivity contribution is -0.146. The third-order valence-corrected chi connectivity index (χ3v) is 5.30. The summed E-state index contributed by atoms with van der Waals surface area (Å²) in [6.07, 6.45) is 1.36. The summed E-state index contributed by atoms with van der Waals surface area (Å²) in [7, 11) is 0. The molecule has 0 aliphatic carbocycles. The van der Waals surface area contributed by atoms with E-state index in [1.54, 1.807) is 0 Å². The third-order valence-electron chi connectivity index (χ3n) is 5.30. The Bertz CT molecular complexity index is 888. The van der Waals surface area contributed by atoms with E-state index < -0.39 is 18.1 Å². The van der Waals surface area contributed by atoms with Crippen LogP contribution >= 0.6 is 0 Å². The first-order valence-electron chi connectivity index (χ1n) is 11.0. The van der Waals surface area contributed by atoms with Crippen molar-refractivity contribution in [3.63, 3.8) is 0 Å². The van der Waals surface area contributed by atoms with Crippen molar-refractivity contribution in [3.05, 3.63) is 71.8 Å². The van der Waals surface area contributed by atoms with Crippen molar-refractivity contribution in [1.82, 2.24) is 10.6 Å². The molecule has 0 bridgehead atoms. The fourth-order valence-corrected chi connectivity index (χ4v) is 3.67. The molecule has 1 amide bonds. The van der Waals surface area contributed by atoms with E-state index in [1.807, 2.05) is 67.6 Å². The smallest absolute Gasteiger partial charge is 0.323 e. The van der Waals surface area contributed by atoms with Crippen molar-refractivity contribution < 1.29 is 23.9 Å². The molecule has 7 heteroatoms. The Morgan fingerprint density at radius 1 is 1.03 bits per heavy atom. The number of amides is 1. The van der Waals surface area contributed by atoms with Gasteiger partial charge < -0.3 is 14.8 Å². The zero-order valence-corrected chi connectivity index (χ0v) is 18.3. The summed E-state index contributed by atoms with van der Waals surface area (Å²) >= 11 is 0. The van der Waals surface area contributed by atoms with Gasteiger partial charge in [0, 0.05) is 12.5 Å². The molecule has 0 radical (unpaired) electrons. The van der Waals surface area contributed by atoms with E-state index in [0.29, 0.717) is 13.0 Å². The van der Waals surface area contributed by atoms with Gasteiger partial charge in [0.1, 0.15) is 12.6 Å². The maximum absolute atomic E-state index is 12.7. The summed E-state index contributed by atoms with van der Waals surface area (Å²) in [5.41, 5.74) is 1.88. The molecule has 0 saturated carbocycles. The van der Waals surface area contributed by atoms with Crippen LogP contribution in [0.1, 0.15) is 37.3 Å². The molecule has 3 atom stereocenters. The topological polar surface area (TPSA) is 93.7 Å². The van der Waals surface area contributed by atoms with Crippen LogP contribution < -0.4 is 10.6 Å². The van der Waals surface area contributed by atoms with Crippen molar-refractivity contribution in [2.24, 2.45) is 0 Å². The first kappa shape index (κ1) is 23.5. The fraction of sp³-hybridized carbons (Fsp3) is 0.400. The Balaban J connectivity index is 1.61. The predicted molar refractivity (Wildman–Crippen MR) is 120 cm³/mol. The van der Waals surface area contributed by atoms with Crippen molar-refractivity contribution in [3.8, 4) is 0 Å². The van der Waals surface area contributed by atoms with Crippen LogP contribution in [0.3, 0.4) is 0 Å². The number of carbonyl (C=O) groups excluding carboxylic acids is 3. The normalized spacial score (nSPS) is 18.6. The average molecular weight is 439 g/mol. The Morgan fingerprint density at radius 2 is 1.69 bits per heavy atom. The van der Waals surface area contributed by atoms with E-state index in [2.05, 4.69) is 10.6 Å². The molecule has 1 aliphatic rings. The monoisotopic (exact) mass is 438 g/mol. The molecule has 1 fully saturated rings. The van der Waals surface area contributed by atoms with Crippen LogP contribution in [-0.4, -0.2) is 42.6 Å². The van der Waals surface area contributed by atoms with Crippen LogP contribution in [0.25, 0.3) is 0 Å². The van der Waals surface area contributed by atoms with Gasteiger partial charge in [-0.1, -0.05) is 67.6 Å². The van der Waals surface area contributed by atoms with E-state index in [9.17, 15) is 14.4 Å². The molecule has 3 rings (SSSR count). The van der Waals surface area contributed by atoms with Gasteiger partial charge in [0.05, 0.1) is 19.1 Å². The third kappa shape index (κ3) is 7.20. The number of ether oxygens (including phenoxy) is 2. The van der Waals surface area contributed by atoms with Crippen molar-refractivity contribution in [2.45, 2.75) is 57.3 Å². The van der Waals surface area contributed by atoms with Gasteiger partial charge in [-0.25, -0.2) is 0 Å². The van der Waals surface area contributed by atoms with Crippen LogP contribution in [0, 0.1) is 0 Å². The first-order chi connectivity index (χ1) is 15.5. The van der Waals surface area contributed by atoms with E-state index in [1.165, 1.54) is 0 Å². The minimum Gasteiger partial charge on any atom is -0.465 e. The summed E-state index contributed by atoms with van der Waals surface area (Å²) in [6.45, 7) is 2.45. The fourth-order valence-electron chi connectivity index (χ4n) is 3.67. The molecule has 32 heavy (non-hydrogen) atoms. The summed E-state index contributed by atoms with van der Waals surface area (Å²) in [5.74, 6) is -0.926. The minimum atomic E-state index is -0.621. The van der Waals surface area contributed by atoms with Gasteiger partial charge in [0.2, 0.25) is 5.91 Å². The molecule has 0 aromatic heterocycles. The lowest BCUT2D eigenvalue weighted by Crippen LogP contribution is -2.50. The molecule has 2 aromatic carbocycles. The molecular weight excluding hydrogens is 408 g/mol. The Hall–Kier alpha value is -3.19. The zero-order chi connectivity index (χ0) is 22.8. The molecule has 1 saturated heterocycles. The van der Waals surface area contributed by atoms with Gasteiger partial charge in [0.25, 0.3) is 0 Å². The summed E-state index contributed by atoms with van der Waals surface area (Å²) < 4.78 is 10.7. The molecule has 1 heterocycles. The SMILES string of the molecule is CCCOC(=O)C(Cc1ccccc1)N[C@H]1CC(=O)N[C@H]1CC(=O)OCc1ccccc1. The zero-order valence-electron chi connectivity index (χ0n) is 18.3. The predicted octanol–water partition coefficient (Wildman–Crippen LogP) is 2.53. The number of carbonyl (C=O) groups is 3. The highest BCUT2D eigenvalue weighted by molar-refractivity contribution is 5.82. The van der Waals surface area contributed by atoms with Gasteiger partial charge in [0.15, 0.2) is 0 Å². The van der Waals surface area contributed by atoms with Crippen molar-refractivity contribution in [1.29, 1.82) is 0 Å². The first-order valence-corrected chi connectivity index (χ1v) is 11.0. The van der Waals surface area contributed by atoms with E-state index in [-0.39, 0.29) is 37.4 Å². The molecule has 2 aromatic rings. The van der Waals surface area contributed by atoms with Gasteiger partial charge in [-0.3, -0.25) is 19.7 Å². The van der Waals surface area contributed by atoms with Gasteiger partial charge in [-0.2, -0.15) is 0 Å². The minimum absolute atomic E-state index is 0.0261. The number of hydrogen-bond acceptors (Lipinski definition) is 6. The number of benzene rings is 2. The van der Waals surface area contributed by atoms with Crippen LogP contribution in [-0.2, 0) is 36.9 Å². The molecule has 7 nitrogen and oxygen atoms in total. The summed E-state index contributed by atoms with van der Waals surface area (Å²) in [5, 5.41) is 6.10.